The van der Waals surface area contributed by atoms with Crippen molar-refractivity contribution in [3.8, 4) is 5.75 Å². The third-order valence-electron chi connectivity index (χ3n) is 4.24. The number of para-hydroxylation sites is 1. The van der Waals surface area contributed by atoms with E-state index in [1.807, 2.05) is 12.1 Å². The van der Waals surface area contributed by atoms with Gasteiger partial charge in [0.05, 0.1) is 17.5 Å². The molecule has 26 heavy (non-hydrogen) atoms. The molecular weight excluding hydrogens is 332 g/mol. The number of imide groups is 1. The fraction of sp³-hybridized carbons (Fsp3) is 0.100. The van der Waals surface area contributed by atoms with Crippen molar-refractivity contribution in [1.29, 1.82) is 0 Å². The maximum atomic E-state index is 12.3. The number of nitrogens with zero attached hydrogens (tertiary/aromatic N) is 2. The summed E-state index contributed by atoms with van der Waals surface area (Å²) >= 11 is 0. The van der Waals surface area contributed by atoms with Crippen molar-refractivity contribution in [3.05, 3.63) is 71.9 Å². The lowest BCUT2D eigenvalue weighted by atomic mass is 10.1. The van der Waals surface area contributed by atoms with Crippen LogP contribution in [0.2, 0.25) is 0 Å². The van der Waals surface area contributed by atoms with Crippen LogP contribution in [0.1, 0.15) is 27.1 Å². The Balaban J connectivity index is 1.45. The Morgan fingerprint density at radius 1 is 0.923 bits per heavy atom. The molecule has 128 valence electrons. The maximum Gasteiger partial charge on any atom is 0.313 e. The van der Waals surface area contributed by atoms with E-state index in [1.165, 1.54) is 0 Å². The summed E-state index contributed by atoms with van der Waals surface area (Å²) in [5, 5.41) is 0.859. The standard InChI is InChI=1S/C20H14N2O4/c23-17(26-16-9-3-5-13-6-4-11-21-18(13)16)10-12-22-19(24)14-7-1-2-8-15(14)20(22)25/h1-9,11H,10,12H2. The van der Waals surface area contributed by atoms with Crippen molar-refractivity contribution >= 4 is 28.7 Å². The van der Waals surface area contributed by atoms with Gasteiger partial charge in [0.2, 0.25) is 0 Å². The quantitative estimate of drug-likeness (QED) is 0.412. The molecule has 2 amide bonds. The molecule has 4 rings (SSSR count). The SMILES string of the molecule is O=C(CCN1C(=O)c2ccccc2C1=O)Oc1cccc2cccnc12. The highest BCUT2D eigenvalue weighted by atomic mass is 16.5. The lowest BCUT2D eigenvalue weighted by molar-refractivity contribution is -0.134. The van der Waals surface area contributed by atoms with E-state index in [1.54, 1.807) is 48.7 Å². The number of hydrogen-bond donors (Lipinski definition) is 0. The van der Waals surface area contributed by atoms with Crippen LogP contribution in [0.5, 0.6) is 5.75 Å². The predicted octanol–water partition coefficient (Wildman–Crippen LogP) is 2.83. The first-order valence-electron chi connectivity index (χ1n) is 8.15. The van der Waals surface area contributed by atoms with Crippen LogP contribution in [0.15, 0.2) is 60.8 Å². The highest BCUT2D eigenvalue weighted by Gasteiger charge is 2.35. The van der Waals surface area contributed by atoms with E-state index >= 15 is 0 Å². The van der Waals surface area contributed by atoms with Crippen molar-refractivity contribution in [2.24, 2.45) is 0 Å². The number of benzene rings is 2. The minimum absolute atomic E-state index is 0.0244. The molecule has 0 spiro atoms. The molecule has 0 aliphatic carbocycles. The Morgan fingerprint density at radius 2 is 1.62 bits per heavy atom. The Morgan fingerprint density at radius 3 is 2.35 bits per heavy atom. The zero-order valence-electron chi connectivity index (χ0n) is 13.7. The van der Waals surface area contributed by atoms with Gasteiger partial charge in [0.15, 0.2) is 5.75 Å². The van der Waals surface area contributed by atoms with Crippen molar-refractivity contribution in [2.45, 2.75) is 6.42 Å². The molecular formula is C20H14N2O4. The normalized spacial score (nSPS) is 13.2. The number of rotatable bonds is 4. The second kappa shape index (κ2) is 6.40. The van der Waals surface area contributed by atoms with Gasteiger partial charge in [-0.2, -0.15) is 0 Å². The number of amides is 2. The van der Waals surface area contributed by atoms with E-state index in [0.717, 1.165) is 10.3 Å². The number of esters is 1. The van der Waals surface area contributed by atoms with Gasteiger partial charge in [0.25, 0.3) is 11.8 Å². The Labute approximate surface area is 149 Å². The molecule has 0 saturated carbocycles. The Hall–Kier alpha value is -3.54. The van der Waals surface area contributed by atoms with E-state index in [9.17, 15) is 14.4 Å². The molecule has 0 N–H and O–H groups in total. The third-order valence-corrected chi connectivity index (χ3v) is 4.24. The molecule has 0 bridgehead atoms. The lowest BCUT2D eigenvalue weighted by Crippen LogP contribution is -2.32. The van der Waals surface area contributed by atoms with E-state index in [-0.39, 0.29) is 24.8 Å². The van der Waals surface area contributed by atoms with Gasteiger partial charge in [-0.1, -0.05) is 30.3 Å². The first kappa shape index (κ1) is 16.0. The van der Waals surface area contributed by atoms with Gasteiger partial charge >= 0.3 is 5.97 Å². The van der Waals surface area contributed by atoms with Crippen molar-refractivity contribution in [1.82, 2.24) is 9.88 Å². The van der Waals surface area contributed by atoms with Gasteiger partial charge in [-0.05, 0) is 24.3 Å². The molecule has 0 fully saturated rings. The number of fused-ring (bicyclic) bond motifs is 2. The van der Waals surface area contributed by atoms with E-state index in [4.69, 9.17) is 4.74 Å². The van der Waals surface area contributed by atoms with Gasteiger partial charge in [0.1, 0.15) is 5.52 Å². The second-order valence-corrected chi connectivity index (χ2v) is 5.86. The first-order valence-corrected chi connectivity index (χ1v) is 8.15. The Kier molecular flexibility index (Phi) is 3.93. The predicted molar refractivity (Wildman–Crippen MR) is 93.8 cm³/mol. The van der Waals surface area contributed by atoms with E-state index in [2.05, 4.69) is 4.98 Å². The lowest BCUT2D eigenvalue weighted by Gasteiger charge is -2.13. The van der Waals surface area contributed by atoms with Gasteiger partial charge < -0.3 is 4.74 Å². The summed E-state index contributed by atoms with van der Waals surface area (Å²) in [5.41, 5.74) is 1.32. The minimum atomic E-state index is -0.528. The van der Waals surface area contributed by atoms with Gasteiger partial charge in [-0.15, -0.1) is 0 Å². The van der Waals surface area contributed by atoms with Crippen LogP contribution in [0.4, 0.5) is 0 Å². The van der Waals surface area contributed by atoms with Crippen LogP contribution < -0.4 is 4.74 Å². The maximum absolute atomic E-state index is 12.3. The smallest absolute Gasteiger partial charge is 0.313 e. The van der Waals surface area contributed by atoms with Crippen LogP contribution in [0, 0.1) is 0 Å². The highest BCUT2D eigenvalue weighted by Crippen LogP contribution is 2.24. The molecule has 6 heteroatoms. The molecule has 6 nitrogen and oxygen atoms in total. The van der Waals surface area contributed by atoms with Gasteiger partial charge in [-0.25, -0.2) is 0 Å². The molecule has 0 radical (unpaired) electrons. The monoisotopic (exact) mass is 346 g/mol. The number of ether oxygens (including phenoxy) is 1. The summed E-state index contributed by atoms with van der Waals surface area (Å²) in [4.78, 5) is 42.1. The first-order chi connectivity index (χ1) is 12.6. The molecule has 0 saturated heterocycles. The summed E-state index contributed by atoms with van der Waals surface area (Å²) in [6, 6.07) is 15.6. The average Bonchev–Trinajstić information content (AvgIpc) is 2.91. The molecule has 0 atom stereocenters. The van der Waals surface area contributed by atoms with Gasteiger partial charge in [-0.3, -0.25) is 24.3 Å². The number of hydrogen-bond acceptors (Lipinski definition) is 5. The molecule has 1 aliphatic rings. The number of pyridine rings is 1. The summed E-state index contributed by atoms with van der Waals surface area (Å²) in [6.07, 6.45) is 1.53. The van der Waals surface area contributed by atoms with Crippen molar-refractivity contribution in [2.75, 3.05) is 6.54 Å². The minimum Gasteiger partial charge on any atom is -0.424 e. The second-order valence-electron chi connectivity index (χ2n) is 5.86. The fourth-order valence-electron chi connectivity index (χ4n) is 2.98. The van der Waals surface area contributed by atoms with Crippen molar-refractivity contribution < 1.29 is 19.1 Å². The number of carbonyl (C=O) groups excluding carboxylic acids is 3. The van der Waals surface area contributed by atoms with Crippen molar-refractivity contribution in [3.63, 3.8) is 0 Å². The zero-order chi connectivity index (χ0) is 18.1. The highest BCUT2D eigenvalue weighted by molar-refractivity contribution is 6.21. The third kappa shape index (κ3) is 2.71. The van der Waals surface area contributed by atoms with E-state index < -0.39 is 5.97 Å². The summed E-state index contributed by atoms with van der Waals surface area (Å²) in [6.45, 7) is -0.0244. The summed E-state index contributed by atoms with van der Waals surface area (Å²) < 4.78 is 5.38. The van der Waals surface area contributed by atoms with Crippen LogP contribution in [-0.4, -0.2) is 34.2 Å². The van der Waals surface area contributed by atoms with Crippen LogP contribution in [-0.2, 0) is 4.79 Å². The summed E-state index contributed by atoms with van der Waals surface area (Å²) in [7, 11) is 0. The van der Waals surface area contributed by atoms with Gasteiger partial charge in [0, 0.05) is 18.1 Å². The zero-order valence-corrected chi connectivity index (χ0v) is 13.7. The van der Waals surface area contributed by atoms with Crippen LogP contribution in [0.3, 0.4) is 0 Å². The van der Waals surface area contributed by atoms with Crippen LogP contribution in [0.25, 0.3) is 10.9 Å². The largest absolute Gasteiger partial charge is 0.424 e. The summed E-state index contributed by atoms with van der Waals surface area (Å²) in [5.74, 6) is -0.939. The van der Waals surface area contributed by atoms with Crippen LogP contribution >= 0.6 is 0 Å². The molecule has 2 heterocycles. The molecule has 3 aromatic rings. The average molecular weight is 346 g/mol. The molecule has 2 aromatic carbocycles. The molecule has 1 aromatic heterocycles. The van der Waals surface area contributed by atoms with E-state index in [0.29, 0.717) is 22.4 Å². The molecule has 0 unspecified atom stereocenters. The Bertz CT molecular complexity index is 1000. The molecule has 1 aliphatic heterocycles. The fourth-order valence-corrected chi connectivity index (χ4v) is 2.98. The number of carbonyl (C=O) groups is 3. The topological polar surface area (TPSA) is 76.6 Å². The number of aromatic nitrogens is 1.